The van der Waals surface area contributed by atoms with Gasteiger partial charge in [0, 0.05) is 16.6 Å². The first-order valence-corrected chi connectivity index (χ1v) is 5.78. The van der Waals surface area contributed by atoms with Crippen LogP contribution in [0.2, 0.25) is 0 Å². The molecule has 0 aromatic carbocycles. The average Bonchev–Trinajstić information content (AvgIpc) is 2.83. The molecule has 2 N–H and O–H groups in total. The molecule has 3 aromatic heterocycles. The quantitative estimate of drug-likeness (QED) is 0.698. The molecule has 0 saturated carbocycles. The molecule has 5 heteroatoms. The molecule has 0 bridgehead atoms. The van der Waals surface area contributed by atoms with Crippen LogP contribution in [-0.4, -0.2) is 14.6 Å². The minimum Gasteiger partial charge on any atom is -0.366 e. The van der Waals surface area contributed by atoms with Gasteiger partial charge in [0.2, 0.25) is 5.95 Å². The number of nitrogen functional groups attached to an aromatic ring is 1. The van der Waals surface area contributed by atoms with Crippen molar-refractivity contribution >= 4 is 22.9 Å². The predicted molar refractivity (Wildman–Crippen MR) is 65.4 cm³/mol. The van der Waals surface area contributed by atoms with Crippen molar-refractivity contribution < 1.29 is 0 Å². The molecule has 3 aromatic rings. The lowest BCUT2D eigenvalue weighted by Crippen LogP contribution is -1.91. The number of aryl methyl sites for hydroxylation is 1. The predicted octanol–water partition coefficient (Wildman–Crippen LogP) is 2.35. The van der Waals surface area contributed by atoms with Crippen molar-refractivity contribution in [2.45, 2.75) is 6.92 Å². The van der Waals surface area contributed by atoms with Crippen LogP contribution in [0.15, 0.2) is 29.8 Å². The zero-order chi connectivity index (χ0) is 11.1. The van der Waals surface area contributed by atoms with E-state index in [1.165, 1.54) is 16.0 Å². The molecule has 0 aliphatic rings. The molecular weight excluding hydrogens is 220 g/mol. The van der Waals surface area contributed by atoms with Crippen LogP contribution in [0.4, 0.5) is 5.95 Å². The molecule has 80 valence electrons. The fourth-order valence-corrected chi connectivity index (χ4v) is 2.53. The summed E-state index contributed by atoms with van der Waals surface area (Å²) >= 11 is 1.71. The SMILES string of the molecule is Cc1cc2nc(N)nn2cc1-c1cccs1. The lowest BCUT2D eigenvalue weighted by molar-refractivity contribution is 0.967. The summed E-state index contributed by atoms with van der Waals surface area (Å²) in [7, 11) is 0. The third-order valence-corrected chi connectivity index (χ3v) is 3.39. The Balaban J connectivity index is 2.29. The van der Waals surface area contributed by atoms with Crippen LogP contribution in [-0.2, 0) is 0 Å². The molecular formula is C11H10N4S. The number of pyridine rings is 1. The van der Waals surface area contributed by atoms with Crippen molar-refractivity contribution in [1.29, 1.82) is 0 Å². The summed E-state index contributed by atoms with van der Waals surface area (Å²) < 4.78 is 1.72. The second-order valence-electron chi connectivity index (χ2n) is 3.62. The molecule has 0 radical (unpaired) electrons. The smallest absolute Gasteiger partial charge is 0.240 e. The van der Waals surface area contributed by atoms with E-state index in [1.807, 2.05) is 18.3 Å². The Morgan fingerprint density at radius 3 is 3.06 bits per heavy atom. The summed E-state index contributed by atoms with van der Waals surface area (Å²) in [5.41, 5.74) is 8.71. The first-order chi connectivity index (χ1) is 7.74. The minimum absolute atomic E-state index is 0.308. The maximum atomic E-state index is 5.57. The molecule has 3 heterocycles. The van der Waals surface area contributed by atoms with Crippen LogP contribution >= 0.6 is 11.3 Å². The summed E-state index contributed by atoms with van der Waals surface area (Å²) in [5, 5.41) is 6.18. The molecule has 0 amide bonds. The van der Waals surface area contributed by atoms with Crippen LogP contribution in [0.1, 0.15) is 5.56 Å². The van der Waals surface area contributed by atoms with Gasteiger partial charge in [-0.1, -0.05) is 6.07 Å². The van der Waals surface area contributed by atoms with E-state index in [-0.39, 0.29) is 0 Å². The largest absolute Gasteiger partial charge is 0.366 e. The van der Waals surface area contributed by atoms with Gasteiger partial charge in [-0.3, -0.25) is 0 Å². The number of hydrogen-bond acceptors (Lipinski definition) is 4. The molecule has 4 nitrogen and oxygen atoms in total. The van der Waals surface area contributed by atoms with E-state index < -0.39 is 0 Å². The number of fused-ring (bicyclic) bond motifs is 1. The highest BCUT2D eigenvalue weighted by molar-refractivity contribution is 7.13. The molecule has 0 aliphatic carbocycles. The first kappa shape index (κ1) is 9.35. The minimum atomic E-state index is 0.308. The number of nitrogens with two attached hydrogens (primary N) is 1. The molecule has 0 aliphatic heterocycles. The summed E-state index contributed by atoms with van der Waals surface area (Å²) in [6.07, 6.45) is 1.97. The van der Waals surface area contributed by atoms with Crippen molar-refractivity contribution in [3.8, 4) is 10.4 Å². The molecule has 0 unspecified atom stereocenters. The molecule has 0 saturated heterocycles. The summed E-state index contributed by atoms with van der Waals surface area (Å²) in [6, 6.07) is 6.14. The van der Waals surface area contributed by atoms with Crippen LogP contribution in [0.25, 0.3) is 16.1 Å². The van der Waals surface area contributed by atoms with Crippen molar-refractivity contribution in [3.05, 3.63) is 35.3 Å². The van der Waals surface area contributed by atoms with Gasteiger partial charge in [-0.15, -0.1) is 16.4 Å². The third kappa shape index (κ3) is 1.37. The monoisotopic (exact) mass is 230 g/mol. The van der Waals surface area contributed by atoms with E-state index in [2.05, 4.69) is 28.5 Å². The zero-order valence-corrected chi connectivity index (χ0v) is 9.53. The number of rotatable bonds is 1. The highest BCUT2D eigenvalue weighted by Crippen LogP contribution is 2.28. The Morgan fingerprint density at radius 2 is 2.31 bits per heavy atom. The Kier molecular flexibility index (Phi) is 1.94. The Labute approximate surface area is 96.4 Å². The topological polar surface area (TPSA) is 56.2 Å². The second-order valence-corrected chi connectivity index (χ2v) is 4.57. The molecule has 0 fully saturated rings. The van der Waals surface area contributed by atoms with E-state index in [4.69, 9.17) is 5.73 Å². The van der Waals surface area contributed by atoms with Gasteiger partial charge in [-0.05, 0) is 30.0 Å². The lowest BCUT2D eigenvalue weighted by atomic mass is 10.1. The van der Waals surface area contributed by atoms with Gasteiger partial charge in [-0.2, -0.15) is 4.98 Å². The Morgan fingerprint density at radius 1 is 1.44 bits per heavy atom. The highest BCUT2D eigenvalue weighted by Gasteiger charge is 2.07. The maximum absolute atomic E-state index is 5.57. The van der Waals surface area contributed by atoms with Gasteiger partial charge in [0.05, 0.1) is 0 Å². The van der Waals surface area contributed by atoms with Gasteiger partial charge in [0.25, 0.3) is 0 Å². The van der Waals surface area contributed by atoms with Gasteiger partial charge < -0.3 is 5.73 Å². The van der Waals surface area contributed by atoms with Crippen LogP contribution in [0.5, 0.6) is 0 Å². The average molecular weight is 230 g/mol. The highest BCUT2D eigenvalue weighted by atomic mass is 32.1. The second kappa shape index (κ2) is 3.31. The number of thiophene rings is 1. The van der Waals surface area contributed by atoms with E-state index >= 15 is 0 Å². The third-order valence-electron chi connectivity index (χ3n) is 2.48. The van der Waals surface area contributed by atoms with E-state index in [1.54, 1.807) is 15.9 Å². The molecule has 16 heavy (non-hydrogen) atoms. The summed E-state index contributed by atoms with van der Waals surface area (Å²) in [4.78, 5) is 5.36. The fourth-order valence-electron chi connectivity index (χ4n) is 1.73. The summed E-state index contributed by atoms with van der Waals surface area (Å²) in [6.45, 7) is 2.07. The van der Waals surface area contributed by atoms with Crippen molar-refractivity contribution in [3.63, 3.8) is 0 Å². The standard InChI is InChI=1S/C11H10N4S/c1-7-5-10-13-11(12)14-15(10)6-8(7)9-3-2-4-16-9/h2-6H,1H3,(H2,12,14). The van der Waals surface area contributed by atoms with E-state index in [9.17, 15) is 0 Å². The maximum Gasteiger partial charge on any atom is 0.240 e. The molecule has 3 rings (SSSR count). The summed E-state index contributed by atoms with van der Waals surface area (Å²) in [5.74, 6) is 0.308. The van der Waals surface area contributed by atoms with Gasteiger partial charge >= 0.3 is 0 Å². The van der Waals surface area contributed by atoms with Crippen LogP contribution < -0.4 is 5.73 Å². The zero-order valence-electron chi connectivity index (χ0n) is 8.71. The number of nitrogens with zero attached hydrogens (tertiary/aromatic N) is 3. The van der Waals surface area contributed by atoms with Crippen molar-refractivity contribution in [1.82, 2.24) is 14.6 Å². The molecule has 0 spiro atoms. The van der Waals surface area contributed by atoms with E-state index in [0.29, 0.717) is 5.95 Å². The Hall–Kier alpha value is -1.88. The van der Waals surface area contributed by atoms with E-state index in [0.717, 1.165) is 5.65 Å². The Bertz CT molecular complexity index is 639. The fraction of sp³-hybridized carbons (Fsp3) is 0.0909. The van der Waals surface area contributed by atoms with Crippen LogP contribution in [0.3, 0.4) is 0 Å². The van der Waals surface area contributed by atoms with Crippen LogP contribution in [0, 0.1) is 6.92 Å². The molecule has 0 atom stereocenters. The normalized spacial score (nSPS) is 11.1. The number of aromatic nitrogens is 3. The first-order valence-electron chi connectivity index (χ1n) is 4.90. The van der Waals surface area contributed by atoms with Gasteiger partial charge in [0.1, 0.15) is 0 Å². The number of hydrogen-bond donors (Lipinski definition) is 1. The van der Waals surface area contributed by atoms with Crippen molar-refractivity contribution in [2.75, 3.05) is 5.73 Å². The van der Waals surface area contributed by atoms with Gasteiger partial charge in [-0.25, -0.2) is 4.52 Å². The van der Waals surface area contributed by atoms with Crippen molar-refractivity contribution in [2.24, 2.45) is 0 Å². The van der Waals surface area contributed by atoms with Gasteiger partial charge in [0.15, 0.2) is 5.65 Å². The lowest BCUT2D eigenvalue weighted by Gasteiger charge is -2.03. The number of anilines is 1.